The summed E-state index contributed by atoms with van der Waals surface area (Å²) in [7, 11) is 3.35. The first-order valence-corrected chi connectivity index (χ1v) is 10.5. The number of thioether (sulfide) groups is 1. The third kappa shape index (κ3) is 4.09. The number of likely N-dealkylation sites (N-methyl/N-ethyl adjacent to an activating group) is 1. The standard InChI is InChI=1S/C24H20FN3O2S/c1-27(2)23(30)21(16-10-4-3-5-11-16)31-24-26-19-14-8-6-12-17(19)22(29)28(24)20-15-9-7-13-18(20)25/h3-15,21H,1-2H3. The van der Waals surface area contributed by atoms with E-state index in [9.17, 15) is 14.0 Å². The van der Waals surface area contributed by atoms with Crippen LogP contribution in [0.15, 0.2) is 88.8 Å². The molecule has 0 bridgehead atoms. The van der Waals surface area contributed by atoms with E-state index in [0.29, 0.717) is 10.9 Å². The summed E-state index contributed by atoms with van der Waals surface area (Å²) in [5.41, 5.74) is 0.972. The summed E-state index contributed by atoms with van der Waals surface area (Å²) in [6.45, 7) is 0. The van der Waals surface area contributed by atoms with Crippen molar-refractivity contribution in [1.82, 2.24) is 14.5 Å². The first-order valence-electron chi connectivity index (χ1n) is 9.67. The van der Waals surface area contributed by atoms with Gasteiger partial charge < -0.3 is 4.90 Å². The average molecular weight is 434 g/mol. The van der Waals surface area contributed by atoms with Crippen LogP contribution in [0.4, 0.5) is 4.39 Å². The van der Waals surface area contributed by atoms with Crippen LogP contribution in [0.5, 0.6) is 0 Å². The van der Waals surface area contributed by atoms with Gasteiger partial charge in [0.25, 0.3) is 5.56 Å². The van der Waals surface area contributed by atoms with Crippen molar-refractivity contribution in [2.45, 2.75) is 10.4 Å². The van der Waals surface area contributed by atoms with Crippen molar-refractivity contribution in [1.29, 1.82) is 0 Å². The molecule has 31 heavy (non-hydrogen) atoms. The molecule has 0 aliphatic heterocycles. The van der Waals surface area contributed by atoms with Crippen molar-refractivity contribution >= 4 is 28.6 Å². The number of hydrogen-bond acceptors (Lipinski definition) is 4. The summed E-state index contributed by atoms with van der Waals surface area (Å²) >= 11 is 1.13. The largest absolute Gasteiger partial charge is 0.348 e. The molecule has 0 saturated carbocycles. The van der Waals surface area contributed by atoms with Crippen LogP contribution in [0.3, 0.4) is 0 Å². The van der Waals surface area contributed by atoms with Gasteiger partial charge in [-0.05, 0) is 29.8 Å². The summed E-state index contributed by atoms with van der Waals surface area (Å²) in [6.07, 6.45) is 0. The third-order valence-electron chi connectivity index (χ3n) is 4.83. The summed E-state index contributed by atoms with van der Waals surface area (Å²) in [5.74, 6) is -0.697. The molecule has 0 spiro atoms. The molecule has 0 radical (unpaired) electrons. The number of fused-ring (bicyclic) bond motifs is 1. The molecule has 1 amide bonds. The number of rotatable bonds is 5. The number of amides is 1. The molecule has 156 valence electrons. The highest BCUT2D eigenvalue weighted by atomic mass is 32.2. The summed E-state index contributed by atoms with van der Waals surface area (Å²) < 4.78 is 16.0. The van der Waals surface area contributed by atoms with Crippen molar-refractivity contribution < 1.29 is 9.18 Å². The molecule has 1 aromatic heterocycles. The fourth-order valence-electron chi connectivity index (χ4n) is 3.27. The van der Waals surface area contributed by atoms with Crippen molar-refractivity contribution in [2.24, 2.45) is 0 Å². The number of hydrogen-bond donors (Lipinski definition) is 0. The second kappa shape index (κ2) is 8.73. The van der Waals surface area contributed by atoms with Gasteiger partial charge in [-0.1, -0.05) is 66.4 Å². The quantitative estimate of drug-likeness (QED) is 0.345. The fraction of sp³-hybridized carbons (Fsp3) is 0.125. The highest BCUT2D eigenvalue weighted by Crippen LogP contribution is 2.36. The Balaban J connectivity index is 1.95. The van der Waals surface area contributed by atoms with E-state index in [-0.39, 0.29) is 22.3 Å². The van der Waals surface area contributed by atoms with Crippen molar-refractivity contribution in [3.63, 3.8) is 0 Å². The molecule has 1 atom stereocenters. The zero-order valence-electron chi connectivity index (χ0n) is 17.0. The highest BCUT2D eigenvalue weighted by molar-refractivity contribution is 8.00. The molecule has 0 saturated heterocycles. The van der Waals surface area contributed by atoms with E-state index in [0.717, 1.165) is 17.3 Å². The topological polar surface area (TPSA) is 55.2 Å². The molecule has 0 aliphatic carbocycles. The molecular weight excluding hydrogens is 413 g/mol. The number of para-hydroxylation sites is 2. The van der Waals surface area contributed by atoms with Crippen LogP contribution in [0.1, 0.15) is 10.8 Å². The summed E-state index contributed by atoms with van der Waals surface area (Å²) in [4.78, 5) is 32.5. The molecule has 4 rings (SSSR count). The Morgan fingerprint density at radius 1 is 0.968 bits per heavy atom. The van der Waals surface area contributed by atoms with Gasteiger partial charge in [0.1, 0.15) is 11.1 Å². The Hall–Kier alpha value is -3.45. The lowest BCUT2D eigenvalue weighted by Gasteiger charge is -2.22. The van der Waals surface area contributed by atoms with Gasteiger partial charge in [-0.25, -0.2) is 9.37 Å². The van der Waals surface area contributed by atoms with Gasteiger partial charge in [0, 0.05) is 14.1 Å². The minimum atomic E-state index is -0.651. The number of nitrogens with zero attached hydrogens (tertiary/aromatic N) is 3. The maximum absolute atomic E-state index is 14.7. The molecular formula is C24H20FN3O2S. The molecule has 1 heterocycles. The normalized spacial score (nSPS) is 12.0. The number of benzene rings is 3. The van der Waals surface area contributed by atoms with E-state index in [1.54, 1.807) is 50.5 Å². The SMILES string of the molecule is CN(C)C(=O)C(Sc1nc2ccccc2c(=O)n1-c1ccccc1F)c1ccccc1. The van der Waals surface area contributed by atoms with Crippen LogP contribution in [0.2, 0.25) is 0 Å². The van der Waals surface area contributed by atoms with Gasteiger partial charge in [0.15, 0.2) is 5.16 Å². The van der Waals surface area contributed by atoms with E-state index in [1.165, 1.54) is 21.6 Å². The number of carbonyl (C=O) groups excluding carboxylic acids is 1. The Bertz CT molecular complexity index is 1310. The van der Waals surface area contributed by atoms with Gasteiger partial charge in [0.05, 0.1) is 16.6 Å². The summed E-state index contributed by atoms with van der Waals surface area (Å²) in [5, 5.41) is -0.0227. The third-order valence-corrected chi connectivity index (χ3v) is 6.02. The predicted molar refractivity (Wildman–Crippen MR) is 121 cm³/mol. The van der Waals surface area contributed by atoms with Crippen LogP contribution < -0.4 is 5.56 Å². The smallest absolute Gasteiger partial charge is 0.266 e. The van der Waals surface area contributed by atoms with E-state index in [1.807, 2.05) is 30.3 Å². The number of halogens is 1. The second-order valence-corrected chi connectivity index (χ2v) is 8.22. The lowest BCUT2D eigenvalue weighted by molar-refractivity contribution is -0.128. The maximum atomic E-state index is 14.7. The van der Waals surface area contributed by atoms with Crippen LogP contribution in [0.25, 0.3) is 16.6 Å². The van der Waals surface area contributed by atoms with Crippen molar-refractivity contribution in [3.8, 4) is 5.69 Å². The molecule has 5 nitrogen and oxygen atoms in total. The molecule has 4 aromatic rings. The van der Waals surface area contributed by atoms with E-state index < -0.39 is 11.1 Å². The zero-order valence-corrected chi connectivity index (χ0v) is 17.8. The number of carbonyl (C=O) groups is 1. The lowest BCUT2D eigenvalue weighted by Crippen LogP contribution is -2.28. The van der Waals surface area contributed by atoms with Gasteiger partial charge in [-0.3, -0.25) is 14.2 Å². The first kappa shape index (κ1) is 20.8. The van der Waals surface area contributed by atoms with Gasteiger partial charge in [-0.15, -0.1) is 0 Å². The predicted octanol–water partition coefficient (Wildman–Crippen LogP) is 4.45. The van der Waals surface area contributed by atoms with Crippen LogP contribution >= 0.6 is 11.8 Å². The molecule has 1 unspecified atom stereocenters. The Morgan fingerprint density at radius 3 is 2.32 bits per heavy atom. The summed E-state index contributed by atoms with van der Waals surface area (Å²) in [6, 6.07) is 22.3. The van der Waals surface area contributed by atoms with Gasteiger partial charge in [-0.2, -0.15) is 0 Å². The highest BCUT2D eigenvalue weighted by Gasteiger charge is 2.27. The fourth-order valence-corrected chi connectivity index (χ4v) is 4.52. The molecule has 3 aromatic carbocycles. The first-order chi connectivity index (χ1) is 15.0. The van der Waals surface area contributed by atoms with Crippen LogP contribution in [-0.2, 0) is 4.79 Å². The minimum absolute atomic E-state index is 0.0948. The van der Waals surface area contributed by atoms with E-state index in [4.69, 9.17) is 0 Å². The van der Waals surface area contributed by atoms with Gasteiger partial charge in [0.2, 0.25) is 5.91 Å². The average Bonchev–Trinajstić information content (AvgIpc) is 2.78. The molecule has 0 N–H and O–H groups in total. The Kier molecular flexibility index (Phi) is 5.86. The minimum Gasteiger partial charge on any atom is -0.348 e. The Labute approximate surface area is 183 Å². The maximum Gasteiger partial charge on any atom is 0.266 e. The Morgan fingerprint density at radius 2 is 1.61 bits per heavy atom. The van der Waals surface area contributed by atoms with Gasteiger partial charge >= 0.3 is 0 Å². The second-order valence-electron chi connectivity index (χ2n) is 7.14. The van der Waals surface area contributed by atoms with E-state index >= 15 is 0 Å². The lowest BCUT2D eigenvalue weighted by atomic mass is 10.1. The van der Waals surface area contributed by atoms with Crippen LogP contribution in [0, 0.1) is 5.82 Å². The zero-order chi connectivity index (χ0) is 22.0. The molecule has 0 fully saturated rings. The number of aromatic nitrogens is 2. The molecule has 7 heteroatoms. The van der Waals surface area contributed by atoms with Crippen molar-refractivity contribution in [2.75, 3.05) is 14.1 Å². The van der Waals surface area contributed by atoms with E-state index in [2.05, 4.69) is 4.98 Å². The van der Waals surface area contributed by atoms with Crippen molar-refractivity contribution in [3.05, 3.63) is 101 Å². The monoisotopic (exact) mass is 433 g/mol. The molecule has 0 aliphatic rings. The van der Waals surface area contributed by atoms with Crippen LogP contribution in [-0.4, -0.2) is 34.5 Å².